The van der Waals surface area contributed by atoms with Crippen LogP contribution in [-0.4, -0.2) is 14.8 Å². The van der Waals surface area contributed by atoms with E-state index in [9.17, 15) is 4.79 Å². The fourth-order valence-electron chi connectivity index (χ4n) is 3.99. The number of benzene rings is 2. The molecule has 150 valence electrons. The van der Waals surface area contributed by atoms with E-state index in [1.807, 2.05) is 60.1 Å². The van der Waals surface area contributed by atoms with Gasteiger partial charge in [0, 0.05) is 16.8 Å². The SMILES string of the molecule is CCCCCCC1(C)Nc2ccccc2-c2nc(=O)c(-c3ccc(C)cc3)nn21. The molecule has 0 aliphatic carbocycles. The van der Waals surface area contributed by atoms with E-state index in [2.05, 4.69) is 24.1 Å². The van der Waals surface area contributed by atoms with Gasteiger partial charge in [0.25, 0.3) is 5.56 Å². The van der Waals surface area contributed by atoms with Crippen molar-refractivity contribution in [1.29, 1.82) is 0 Å². The van der Waals surface area contributed by atoms with Crippen molar-refractivity contribution in [3.8, 4) is 22.6 Å². The van der Waals surface area contributed by atoms with Crippen molar-refractivity contribution in [2.24, 2.45) is 0 Å². The molecule has 0 fully saturated rings. The van der Waals surface area contributed by atoms with E-state index in [0.717, 1.165) is 35.2 Å². The molecule has 0 bridgehead atoms. The van der Waals surface area contributed by atoms with Gasteiger partial charge in [0.15, 0.2) is 11.5 Å². The summed E-state index contributed by atoms with van der Waals surface area (Å²) in [5, 5.41) is 8.52. The molecule has 3 aromatic rings. The van der Waals surface area contributed by atoms with Gasteiger partial charge in [0.05, 0.1) is 0 Å². The fourth-order valence-corrected chi connectivity index (χ4v) is 3.99. The minimum Gasteiger partial charge on any atom is -0.361 e. The number of anilines is 1. The number of aryl methyl sites for hydroxylation is 1. The summed E-state index contributed by atoms with van der Waals surface area (Å²) in [6.07, 6.45) is 5.62. The van der Waals surface area contributed by atoms with Crippen LogP contribution in [0.4, 0.5) is 5.69 Å². The number of para-hydroxylation sites is 1. The van der Waals surface area contributed by atoms with Gasteiger partial charge in [0.2, 0.25) is 0 Å². The van der Waals surface area contributed by atoms with Crippen LogP contribution in [0, 0.1) is 6.92 Å². The Bertz CT molecular complexity index is 1070. The molecule has 0 spiro atoms. The normalized spacial score (nSPS) is 17.3. The maximum absolute atomic E-state index is 12.9. The first kappa shape index (κ1) is 19.4. The number of nitrogens with one attached hydrogen (secondary N) is 1. The van der Waals surface area contributed by atoms with Gasteiger partial charge in [-0.25, -0.2) is 4.68 Å². The van der Waals surface area contributed by atoms with E-state index in [0.29, 0.717) is 11.5 Å². The second-order valence-corrected chi connectivity index (χ2v) is 8.12. The Labute approximate surface area is 171 Å². The van der Waals surface area contributed by atoms with Gasteiger partial charge < -0.3 is 5.32 Å². The minimum absolute atomic E-state index is 0.287. The maximum Gasteiger partial charge on any atom is 0.300 e. The van der Waals surface area contributed by atoms with E-state index >= 15 is 0 Å². The number of unbranched alkanes of at least 4 members (excludes halogenated alkanes) is 3. The average Bonchev–Trinajstić information content (AvgIpc) is 2.72. The van der Waals surface area contributed by atoms with Crippen LogP contribution in [0.2, 0.25) is 0 Å². The lowest BCUT2D eigenvalue weighted by Gasteiger charge is -2.39. The highest BCUT2D eigenvalue weighted by Gasteiger charge is 2.35. The van der Waals surface area contributed by atoms with E-state index in [1.54, 1.807) is 0 Å². The third kappa shape index (κ3) is 3.69. The van der Waals surface area contributed by atoms with Crippen molar-refractivity contribution < 1.29 is 0 Å². The number of aromatic nitrogens is 3. The molecular weight excluding hydrogens is 360 g/mol. The molecule has 5 nitrogen and oxygen atoms in total. The molecule has 1 aliphatic rings. The molecule has 1 atom stereocenters. The zero-order chi connectivity index (χ0) is 20.4. The molecule has 2 heterocycles. The molecule has 0 amide bonds. The summed E-state index contributed by atoms with van der Waals surface area (Å²) in [5.41, 5.74) is 3.55. The smallest absolute Gasteiger partial charge is 0.300 e. The number of rotatable bonds is 6. The summed E-state index contributed by atoms with van der Waals surface area (Å²) in [7, 11) is 0. The highest BCUT2D eigenvalue weighted by atomic mass is 16.1. The van der Waals surface area contributed by atoms with Crippen LogP contribution in [0.1, 0.15) is 51.5 Å². The van der Waals surface area contributed by atoms with Gasteiger partial charge in [-0.3, -0.25) is 4.79 Å². The van der Waals surface area contributed by atoms with Gasteiger partial charge >= 0.3 is 0 Å². The third-order valence-electron chi connectivity index (χ3n) is 5.69. The Kier molecular flexibility index (Phi) is 5.22. The van der Waals surface area contributed by atoms with E-state index < -0.39 is 5.66 Å². The maximum atomic E-state index is 12.9. The second kappa shape index (κ2) is 7.82. The van der Waals surface area contributed by atoms with Crippen molar-refractivity contribution in [3.63, 3.8) is 0 Å². The summed E-state index contributed by atoms with van der Waals surface area (Å²) in [6.45, 7) is 6.40. The largest absolute Gasteiger partial charge is 0.361 e. The lowest BCUT2D eigenvalue weighted by molar-refractivity contribution is 0.289. The summed E-state index contributed by atoms with van der Waals surface area (Å²) < 4.78 is 1.93. The molecule has 0 saturated heterocycles. The standard InChI is InChI=1S/C24H28N4O/c1-4-5-6-9-16-24(3)26-20-11-8-7-10-19(20)22-25-23(29)21(27-28(22)24)18-14-12-17(2)13-15-18/h7-8,10-15,26H,4-6,9,16H2,1-3H3. The zero-order valence-electron chi connectivity index (χ0n) is 17.4. The average molecular weight is 389 g/mol. The molecule has 5 heteroatoms. The summed E-state index contributed by atoms with van der Waals surface area (Å²) in [4.78, 5) is 17.4. The first-order chi connectivity index (χ1) is 14.0. The zero-order valence-corrected chi connectivity index (χ0v) is 17.4. The van der Waals surface area contributed by atoms with Crippen LogP contribution in [0.5, 0.6) is 0 Å². The Balaban J connectivity index is 1.83. The summed E-state index contributed by atoms with van der Waals surface area (Å²) in [5.74, 6) is 0.637. The molecule has 1 aromatic heterocycles. The minimum atomic E-state index is -0.433. The predicted octanol–water partition coefficient (Wildman–Crippen LogP) is 5.35. The van der Waals surface area contributed by atoms with Crippen LogP contribution in [0.25, 0.3) is 22.6 Å². The fraction of sp³-hybridized carbons (Fsp3) is 0.375. The van der Waals surface area contributed by atoms with Gasteiger partial charge in [-0.2, -0.15) is 10.1 Å². The monoisotopic (exact) mass is 388 g/mol. The van der Waals surface area contributed by atoms with Crippen LogP contribution in [0.3, 0.4) is 0 Å². The van der Waals surface area contributed by atoms with Gasteiger partial charge in [-0.05, 0) is 38.8 Å². The molecule has 29 heavy (non-hydrogen) atoms. The molecule has 2 aromatic carbocycles. The highest BCUT2D eigenvalue weighted by Crippen LogP contribution is 2.38. The van der Waals surface area contributed by atoms with Crippen LogP contribution >= 0.6 is 0 Å². The topological polar surface area (TPSA) is 59.8 Å². The van der Waals surface area contributed by atoms with E-state index in [4.69, 9.17) is 5.10 Å². The number of fused-ring (bicyclic) bond motifs is 3. The molecule has 0 radical (unpaired) electrons. The first-order valence-corrected chi connectivity index (χ1v) is 10.5. The highest BCUT2D eigenvalue weighted by molar-refractivity contribution is 5.76. The molecule has 1 aliphatic heterocycles. The Morgan fingerprint density at radius 1 is 1.03 bits per heavy atom. The predicted molar refractivity (Wildman–Crippen MR) is 118 cm³/mol. The van der Waals surface area contributed by atoms with Gasteiger partial charge in [-0.15, -0.1) is 0 Å². The third-order valence-corrected chi connectivity index (χ3v) is 5.69. The van der Waals surface area contributed by atoms with E-state index in [-0.39, 0.29) is 5.56 Å². The first-order valence-electron chi connectivity index (χ1n) is 10.5. The van der Waals surface area contributed by atoms with Crippen molar-refractivity contribution in [1.82, 2.24) is 14.8 Å². The van der Waals surface area contributed by atoms with Crippen molar-refractivity contribution in [3.05, 3.63) is 64.4 Å². The Hall–Kier alpha value is -2.95. The second-order valence-electron chi connectivity index (χ2n) is 8.12. The van der Waals surface area contributed by atoms with Crippen molar-refractivity contribution in [2.75, 3.05) is 5.32 Å². The molecule has 1 unspecified atom stereocenters. The van der Waals surface area contributed by atoms with Gasteiger partial charge in [-0.1, -0.05) is 68.1 Å². The van der Waals surface area contributed by atoms with Crippen LogP contribution in [-0.2, 0) is 5.66 Å². The van der Waals surface area contributed by atoms with Gasteiger partial charge in [0.1, 0.15) is 5.66 Å². The summed E-state index contributed by atoms with van der Waals surface area (Å²) in [6, 6.07) is 15.9. The molecular formula is C24H28N4O. The van der Waals surface area contributed by atoms with E-state index in [1.165, 1.54) is 19.3 Å². The van der Waals surface area contributed by atoms with Crippen LogP contribution in [0.15, 0.2) is 53.3 Å². The lowest BCUT2D eigenvalue weighted by atomic mass is 9.98. The van der Waals surface area contributed by atoms with Crippen molar-refractivity contribution >= 4 is 5.69 Å². The Morgan fingerprint density at radius 3 is 2.55 bits per heavy atom. The molecule has 4 rings (SSSR count). The van der Waals surface area contributed by atoms with Crippen LogP contribution < -0.4 is 10.9 Å². The quantitative estimate of drug-likeness (QED) is 0.578. The molecule has 1 N–H and O–H groups in total. The number of hydrogen-bond acceptors (Lipinski definition) is 4. The van der Waals surface area contributed by atoms with Crippen molar-refractivity contribution in [2.45, 2.75) is 58.5 Å². The molecule has 0 saturated carbocycles. The lowest BCUT2D eigenvalue weighted by Crippen LogP contribution is -2.45. The number of nitrogens with zero attached hydrogens (tertiary/aromatic N) is 3. The summed E-state index contributed by atoms with van der Waals surface area (Å²) >= 11 is 0. The number of hydrogen-bond donors (Lipinski definition) is 1. The Morgan fingerprint density at radius 2 is 1.79 bits per heavy atom.